The number of nitrogens with zero attached hydrogens (tertiary/aromatic N) is 3. The maximum atomic E-state index is 14.7. The van der Waals surface area contributed by atoms with E-state index in [0.29, 0.717) is 47.7 Å². The van der Waals surface area contributed by atoms with Gasteiger partial charge < -0.3 is 30.7 Å². The van der Waals surface area contributed by atoms with E-state index in [2.05, 4.69) is 45.2 Å². The number of rotatable bonds is 15. The highest BCUT2D eigenvalue weighted by molar-refractivity contribution is 5.99. The van der Waals surface area contributed by atoms with E-state index in [9.17, 15) is 19.5 Å². The van der Waals surface area contributed by atoms with Crippen molar-refractivity contribution in [2.75, 3.05) is 23.8 Å². The minimum Gasteiger partial charge on any atom is -0.449 e. The van der Waals surface area contributed by atoms with Gasteiger partial charge in [-0.05, 0) is 82.1 Å². The summed E-state index contributed by atoms with van der Waals surface area (Å²) in [6.45, 7) is 0.436. The zero-order valence-electron chi connectivity index (χ0n) is 35.7. The third-order valence-corrected chi connectivity index (χ3v) is 12.4. The number of benzene rings is 5. The van der Waals surface area contributed by atoms with Crippen LogP contribution in [0.4, 0.5) is 16.3 Å². The average Bonchev–Trinajstić information content (AvgIpc) is 3.98. The van der Waals surface area contributed by atoms with E-state index in [-0.39, 0.29) is 30.8 Å². The number of nitrogens with one attached hydrogen (secondary N) is 3. The van der Waals surface area contributed by atoms with Crippen molar-refractivity contribution < 1.29 is 24.2 Å². The van der Waals surface area contributed by atoms with Gasteiger partial charge in [0.25, 0.3) is 0 Å². The zero-order chi connectivity index (χ0) is 44.5. The summed E-state index contributed by atoms with van der Waals surface area (Å²) in [6.07, 6.45) is 2.91. The third-order valence-electron chi connectivity index (χ3n) is 12.4. The molecule has 7 aromatic rings. The van der Waals surface area contributed by atoms with Crippen LogP contribution in [0.5, 0.6) is 0 Å². The fourth-order valence-corrected chi connectivity index (χ4v) is 9.35. The Bertz CT molecular complexity index is 2680. The maximum Gasteiger partial charge on any atom is 0.407 e. The number of aromatic nitrogens is 2. The van der Waals surface area contributed by atoms with Gasteiger partial charge in [0, 0.05) is 42.7 Å². The number of carbonyl (C=O) groups is 3. The molecule has 5 aromatic carbocycles. The summed E-state index contributed by atoms with van der Waals surface area (Å²) in [4.78, 5) is 53.9. The van der Waals surface area contributed by atoms with E-state index < -0.39 is 36.2 Å². The lowest BCUT2D eigenvalue weighted by molar-refractivity contribution is -0.138. The molecule has 5 atom stereocenters. The summed E-state index contributed by atoms with van der Waals surface area (Å²) < 4.78 is 5.92. The van der Waals surface area contributed by atoms with Gasteiger partial charge in [-0.1, -0.05) is 140 Å². The molecule has 1 aliphatic carbocycles. The third kappa shape index (κ3) is 9.51. The molecule has 0 radical (unpaired) electrons. The van der Waals surface area contributed by atoms with Gasteiger partial charge >= 0.3 is 6.09 Å². The number of hydrogen-bond donors (Lipinski definition) is 4. The van der Waals surface area contributed by atoms with Crippen LogP contribution in [0.15, 0.2) is 182 Å². The average molecular weight is 863 g/mol. The van der Waals surface area contributed by atoms with Crippen LogP contribution in [0.1, 0.15) is 70.3 Å². The molecule has 11 heteroatoms. The van der Waals surface area contributed by atoms with Crippen molar-refractivity contribution in [2.45, 2.75) is 55.3 Å². The molecule has 1 aliphatic heterocycles. The van der Waals surface area contributed by atoms with Gasteiger partial charge in [0.15, 0.2) is 0 Å². The molecule has 3 amide bonds. The quantitative estimate of drug-likeness (QED) is 0.0799. The molecule has 2 aliphatic rings. The molecule has 11 nitrogen and oxygen atoms in total. The number of amides is 3. The zero-order valence-corrected chi connectivity index (χ0v) is 35.7. The summed E-state index contributed by atoms with van der Waals surface area (Å²) in [7, 11) is 0. The number of ether oxygens (including phenoxy) is 1. The van der Waals surface area contributed by atoms with Gasteiger partial charge in [0.05, 0.1) is 18.1 Å². The first-order valence-corrected chi connectivity index (χ1v) is 22.1. The summed E-state index contributed by atoms with van der Waals surface area (Å²) in [6, 6.07) is 51.3. The standard InChI is InChI=1S/C54H50N6O5/c61-51(37-20-5-2-6-21-37)49(45-28-13-15-31-55-45)50(59-48-30-14-16-32-56-48)42-26-11-12-27-44(42)57-52(62)47-29-17-33-60(47)53(63)46(34-36-18-3-1-4-19-36)58-54(64)65-35-43-40-24-9-7-22-38(40)39-23-8-10-25-41(39)43/h1-16,18-28,30-32,43,46-47,49-51,61H,17,29,33-35H2,(H,56,59)(H,57,62)(H,58,64)/t46-,47-,49-,50+,51+/m0/s1. The molecule has 0 bridgehead atoms. The smallest absolute Gasteiger partial charge is 0.407 e. The van der Waals surface area contributed by atoms with Crippen molar-refractivity contribution in [3.63, 3.8) is 0 Å². The Morgan fingerprint density at radius 3 is 2.03 bits per heavy atom. The normalized spacial score (nSPS) is 16.0. The van der Waals surface area contributed by atoms with Crippen molar-refractivity contribution in [3.8, 4) is 11.1 Å². The Hall–Kier alpha value is -7.63. The Morgan fingerprint density at radius 1 is 0.708 bits per heavy atom. The van der Waals surface area contributed by atoms with Crippen molar-refractivity contribution in [2.24, 2.45) is 0 Å². The Labute approximate surface area is 378 Å². The second kappa shape index (κ2) is 19.8. The lowest BCUT2D eigenvalue weighted by Crippen LogP contribution is -2.53. The highest BCUT2D eigenvalue weighted by Crippen LogP contribution is 2.45. The summed E-state index contributed by atoms with van der Waals surface area (Å²) >= 11 is 0. The number of alkyl carbamates (subject to hydrolysis) is 1. The fraction of sp³-hybridized carbons (Fsp3) is 0.204. The SMILES string of the molecule is O=C(N[C@@H](Cc1ccccc1)C(=O)N1CCC[C@H]1C(=O)Nc1ccccc1[C@@H](Nc1ccccn1)[C@H](c1ccccn1)[C@H](O)c1ccccc1)OCC1c2ccccc2-c2ccccc21. The largest absolute Gasteiger partial charge is 0.449 e. The van der Waals surface area contributed by atoms with Crippen molar-refractivity contribution in [1.82, 2.24) is 20.2 Å². The lowest BCUT2D eigenvalue weighted by atomic mass is 9.82. The van der Waals surface area contributed by atoms with Crippen molar-refractivity contribution in [1.29, 1.82) is 0 Å². The summed E-state index contributed by atoms with van der Waals surface area (Å²) in [5.41, 5.74) is 7.80. The lowest BCUT2D eigenvalue weighted by Gasteiger charge is -2.34. The summed E-state index contributed by atoms with van der Waals surface area (Å²) in [5.74, 6) is -0.959. The number of aliphatic hydroxyl groups is 1. The topological polar surface area (TPSA) is 146 Å². The number of hydrogen-bond acceptors (Lipinski definition) is 8. The van der Waals surface area contributed by atoms with E-state index >= 15 is 0 Å². The molecule has 326 valence electrons. The highest BCUT2D eigenvalue weighted by atomic mass is 16.5. The van der Waals surface area contributed by atoms with Crippen LogP contribution in [0.3, 0.4) is 0 Å². The second-order valence-electron chi connectivity index (χ2n) is 16.5. The fourth-order valence-electron chi connectivity index (χ4n) is 9.35. The number of anilines is 2. The Balaban J connectivity index is 0.968. The van der Waals surface area contributed by atoms with Crippen molar-refractivity contribution >= 4 is 29.4 Å². The molecule has 0 saturated carbocycles. The van der Waals surface area contributed by atoms with Gasteiger partial charge in [0.1, 0.15) is 24.5 Å². The molecular formula is C54H50N6O5. The predicted molar refractivity (Wildman–Crippen MR) is 251 cm³/mol. The molecule has 2 aromatic heterocycles. The maximum absolute atomic E-state index is 14.7. The number of carbonyl (C=O) groups excluding carboxylic acids is 3. The van der Waals surface area contributed by atoms with E-state index in [1.807, 2.05) is 146 Å². The molecule has 4 N–H and O–H groups in total. The van der Waals surface area contributed by atoms with E-state index in [1.165, 1.54) is 0 Å². The minimum atomic E-state index is -1.01. The highest BCUT2D eigenvalue weighted by Gasteiger charge is 2.40. The molecule has 0 unspecified atom stereocenters. The van der Waals surface area contributed by atoms with E-state index in [4.69, 9.17) is 9.72 Å². The van der Waals surface area contributed by atoms with Crippen LogP contribution in [0.25, 0.3) is 11.1 Å². The number of pyridine rings is 2. The number of para-hydroxylation sites is 1. The van der Waals surface area contributed by atoms with Crippen LogP contribution in [-0.4, -0.2) is 63.1 Å². The van der Waals surface area contributed by atoms with Crippen LogP contribution in [-0.2, 0) is 20.7 Å². The Kier molecular flexibility index (Phi) is 13.0. The van der Waals surface area contributed by atoms with Gasteiger partial charge in [-0.15, -0.1) is 0 Å². The van der Waals surface area contributed by atoms with Crippen LogP contribution >= 0.6 is 0 Å². The first kappa shape index (κ1) is 42.7. The number of aliphatic hydroxyl groups excluding tert-OH is 1. The first-order chi connectivity index (χ1) is 31.9. The van der Waals surface area contributed by atoms with E-state index in [0.717, 1.165) is 27.8 Å². The van der Waals surface area contributed by atoms with E-state index in [1.54, 1.807) is 17.3 Å². The second-order valence-corrected chi connectivity index (χ2v) is 16.5. The van der Waals surface area contributed by atoms with Gasteiger partial charge in [-0.25, -0.2) is 9.78 Å². The molecule has 0 spiro atoms. The monoisotopic (exact) mass is 862 g/mol. The molecule has 1 saturated heterocycles. The molecule has 65 heavy (non-hydrogen) atoms. The van der Waals surface area contributed by atoms with Gasteiger partial charge in [0.2, 0.25) is 11.8 Å². The molecular weight excluding hydrogens is 813 g/mol. The first-order valence-electron chi connectivity index (χ1n) is 22.1. The Morgan fingerprint density at radius 2 is 1.34 bits per heavy atom. The van der Waals surface area contributed by atoms with Gasteiger partial charge in [-0.3, -0.25) is 14.6 Å². The van der Waals surface area contributed by atoms with Gasteiger partial charge in [-0.2, -0.15) is 0 Å². The van der Waals surface area contributed by atoms with Crippen LogP contribution in [0.2, 0.25) is 0 Å². The van der Waals surface area contributed by atoms with Crippen LogP contribution < -0.4 is 16.0 Å². The number of likely N-dealkylation sites (tertiary alicyclic amines) is 1. The number of fused-ring (bicyclic) bond motifs is 3. The summed E-state index contributed by atoms with van der Waals surface area (Å²) in [5, 5.41) is 21.8. The molecule has 9 rings (SSSR count). The van der Waals surface area contributed by atoms with Crippen molar-refractivity contribution in [3.05, 3.63) is 216 Å². The predicted octanol–water partition coefficient (Wildman–Crippen LogP) is 9.23. The minimum absolute atomic E-state index is 0.0972. The van der Waals surface area contributed by atoms with Crippen LogP contribution in [0, 0.1) is 0 Å². The molecule has 3 heterocycles. The molecule has 1 fully saturated rings.